The van der Waals surface area contributed by atoms with E-state index in [1.165, 1.54) is 0 Å². The van der Waals surface area contributed by atoms with Crippen molar-refractivity contribution in [2.24, 2.45) is 0 Å². The fourth-order valence-corrected chi connectivity index (χ4v) is 3.14. The third kappa shape index (κ3) is 4.13. The van der Waals surface area contributed by atoms with E-state index in [1.54, 1.807) is 26.0 Å². The molecule has 5 N–H and O–H groups in total. The van der Waals surface area contributed by atoms with E-state index < -0.39 is 5.60 Å². The quantitative estimate of drug-likeness (QED) is 0.449. The Kier molecular flexibility index (Phi) is 4.76. The minimum absolute atomic E-state index is 0.330. The molecule has 1 aliphatic rings. The summed E-state index contributed by atoms with van der Waals surface area (Å²) in [5.74, 6) is 1.06. The zero-order valence-electron chi connectivity index (χ0n) is 15.9. The van der Waals surface area contributed by atoms with Crippen molar-refractivity contribution < 1.29 is 5.11 Å². The van der Waals surface area contributed by atoms with Gasteiger partial charge in [-0.2, -0.15) is 9.97 Å². The van der Waals surface area contributed by atoms with Crippen LogP contribution in [0.4, 0.5) is 17.5 Å². The van der Waals surface area contributed by atoms with Gasteiger partial charge in [0.25, 0.3) is 0 Å². The van der Waals surface area contributed by atoms with Gasteiger partial charge in [-0.05, 0) is 50.5 Å². The monoisotopic (exact) mass is 401 g/mol. The van der Waals surface area contributed by atoms with Crippen LogP contribution >= 0.6 is 11.6 Å². The van der Waals surface area contributed by atoms with Gasteiger partial charge in [0.1, 0.15) is 0 Å². The van der Waals surface area contributed by atoms with Crippen molar-refractivity contribution >= 4 is 40.2 Å². The molecule has 148 valence electrons. The first kappa shape index (κ1) is 18.8. The molecule has 2 heterocycles. The number of rotatable bonds is 7. The molecule has 0 saturated heterocycles. The molecular formula is C19H24ClN7O. The first-order valence-corrected chi connectivity index (χ1v) is 9.66. The SMILES string of the molecule is CC(C)(O)CNc1nc(NCc2cc(Cl)ccc2N)c2ncn(C3CC3)c2n1. The molecule has 1 saturated carbocycles. The second-order valence-corrected chi connectivity index (χ2v) is 8.25. The molecule has 0 aliphatic heterocycles. The minimum atomic E-state index is -0.877. The molecule has 28 heavy (non-hydrogen) atoms. The van der Waals surface area contributed by atoms with Crippen LogP contribution in [0, 0.1) is 0 Å². The van der Waals surface area contributed by atoms with E-state index in [4.69, 9.17) is 17.3 Å². The van der Waals surface area contributed by atoms with Gasteiger partial charge in [0.2, 0.25) is 5.95 Å². The van der Waals surface area contributed by atoms with Gasteiger partial charge in [0.15, 0.2) is 17.0 Å². The average Bonchev–Trinajstić information content (AvgIpc) is 3.39. The van der Waals surface area contributed by atoms with Gasteiger partial charge in [-0.25, -0.2) is 4.98 Å². The van der Waals surface area contributed by atoms with Gasteiger partial charge in [-0.3, -0.25) is 0 Å². The van der Waals surface area contributed by atoms with Gasteiger partial charge < -0.3 is 26.0 Å². The smallest absolute Gasteiger partial charge is 0.226 e. The number of nitrogens with one attached hydrogen (secondary N) is 2. The highest BCUT2D eigenvalue weighted by Gasteiger charge is 2.27. The lowest BCUT2D eigenvalue weighted by atomic mass is 10.1. The fourth-order valence-electron chi connectivity index (χ4n) is 2.94. The van der Waals surface area contributed by atoms with Crippen LogP contribution in [0.2, 0.25) is 5.02 Å². The number of benzene rings is 1. The lowest BCUT2D eigenvalue weighted by Gasteiger charge is -2.18. The molecular weight excluding hydrogens is 378 g/mol. The molecule has 1 aromatic carbocycles. The van der Waals surface area contributed by atoms with Gasteiger partial charge in [-0.1, -0.05) is 11.6 Å². The molecule has 4 rings (SSSR count). The summed E-state index contributed by atoms with van der Waals surface area (Å²) >= 11 is 6.09. The number of anilines is 3. The molecule has 9 heteroatoms. The molecule has 1 fully saturated rings. The predicted octanol–water partition coefficient (Wildman–Crippen LogP) is 3.19. The van der Waals surface area contributed by atoms with Gasteiger partial charge in [0, 0.05) is 29.8 Å². The number of nitrogen functional groups attached to an aromatic ring is 1. The van der Waals surface area contributed by atoms with Crippen LogP contribution < -0.4 is 16.4 Å². The Bertz CT molecular complexity index is 1010. The van der Waals surface area contributed by atoms with E-state index >= 15 is 0 Å². The standard InChI is InChI=1S/C19H24ClN7O/c1-19(2,28)9-23-18-25-16(22-8-11-7-12(20)3-6-14(11)21)15-17(26-18)27(10-24-15)13-4-5-13/h3,6-7,10,13,28H,4-5,8-9,21H2,1-2H3,(H2,22,23,25,26). The van der Waals surface area contributed by atoms with Crippen molar-refractivity contribution in [1.29, 1.82) is 0 Å². The van der Waals surface area contributed by atoms with Gasteiger partial charge >= 0.3 is 0 Å². The number of imidazole rings is 1. The first-order chi connectivity index (χ1) is 13.3. The third-order valence-electron chi connectivity index (χ3n) is 4.59. The minimum Gasteiger partial charge on any atom is -0.398 e. The second-order valence-electron chi connectivity index (χ2n) is 7.81. The normalized spacial score (nSPS) is 14.4. The summed E-state index contributed by atoms with van der Waals surface area (Å²) in [5.41, 5.74) is 8.20. The van der Waals surface area contributed by atoms with E-state index in [2.05, 4.69) is 30.2 Å². The highest BCUT2D eigenvalue weighted by molar-refractivity contribution is 6.30. The first-order valence-electron chi connectivity index (χ1n) is 9.29. The number of nitrogens with zero attached hydrogens (tertiary/aromatic N) is 4. The van der Waals surface area contributed by atoms with Crippen LogP contribution in [0.5, 0.6) is 0 Å². The van der Waals surface area contributed by atoms with E-state index in [9.17, 15) is 5.11 Å². The number of fused-ring (bicyclic) bond motifs is 1. The molecule has 1 aliphatic carbocycles. The van der Waals surface area contributed by atoms with Gasteiger partial charge in [-0.15, -0.1) is 0 Å². The number of aliphatic hydroxyl groups is 1. The fraction of sp³-hybridized carbons (Fsp3) is 0.421. The number of halogens is 1. The van der Waals surface area contributed by atoms with Crippen molar-refractivity contribution in [2.75, 3.05) is 22.9 Å². The number of hydrogen-bond acceptors (Lipinski definition) is 7. The highest BCUT2D eigenvalue weighted by Crippen LogP contribution is 2.37. The number of nitrogens with two attached hydrogens (primary N) is 1. The Morgan fingerprint density at radius 2 is 2.07 bits per heavy atom. The lowest BCUT2D eigenvalue weighted by molar-refractivity contribution is 0.0943. The predicted molar refractivity (Wildman–Crippen MR) is 112 cm³/mol. The molecule has 8 nitrogen and oxygen atoms in total. The number of hydrogen-bond donors (Lipinski definition) is 4. The average molecular weight is 402 g/mol. The van der Waals surface area contributed by atoms with E-state index in [0.29, 0.717) is 47.1 Å². The van der Waals surface area contributed by atoms with E-state index in [0.717, 1.165) is 24.1 Å². The zero-order valence-corrected chi connectivity index (χ0v) is 16.7. The van der Waals surface area contributed by atoms with Crippen molar-refractivity contribution in [3.63, 3.8) is 0 Å². The van der Waals surface area contributed by atoms with Crippen LogP contribution in [0.3, 0.4) is 0 Å². The maximum Gasteiger partial charge on any atom is 0.226 e. The van der Waals surface area contributed by atoms with Crippen molar-refractivity contribution in [3.05, 3.63) is 35.1 Å². The summed E-state index contributed by atoms with van der Waals surface area (Å²) in [5, 5.41) is 17.1. The molecule has 3 aromatic rings. The highest BCUT2D eigenvalue weighted by atomic mass is 35.5. The summed E-state index contributed by atoms with van der Waals surface area (Å²) in [6, 6.07) is 5.82. The Morgan fingerprint density at radius 1 is 1.29 bits per heavy atom. The lowest BCUT2D eigenvalue weighted by Crippen LogP contribution is -2.30. The molecule has 0 spiro atoms. The topological polar surface area (TPSA) is 114 Å². The maximum atomic E-state index is 10.0. The molecule has 0 amide bonds. The molecule has 2 aromatic heterocycles. The molecule has 0 radical (unpaired) electrons. The van der Waals surface area contributed by atoms with Crippen LogP contribution in [-0.4, -0.2) is 36.8 Å². The maximum absolute atomic E-state index is 10.0. The Morgan fingerprint density at radius 3 is 2.79 bits per heavy atom. The van der Waals surface area contributed by atoms with E-state index in [-0.39, 0.29) is 0 Å². The van der Waals surface area contributed by atoms with E-state index in [1.807, 2.05) is 12.4 Å². The second kappa shape index (κ2) is 7.10. The van der Waals surface area contributed by atoms with Crippen LogP contribution in [0.1, 0.15) is 38.3 Å². The summed E-state index contributed by atoms with van der Waals surface area (Å²) in [6.07, 6.45) is 4.07. The molecule has 0 bridgehead atoms. The number of aromatic nitrogens is 4. The van der Waals surface area contributed by atoms with Gasteiger partial charge in [0.05, 0.1) is 11.9 Å². The largest absolute Gasteiger partial charge is 0.398 e. The van der Waals surface area contributed by atoms with Crippen molar-refractivity contribution in [2.45, 2.75) is 44.9 Å². The molecule has 0 atom stereocenters. The van der Waals surface area contributed by atoms with Crippen LogP contribution in [0.25, 0.3) is 11.2 Å². The van der Waals surface area contributed by atoms with Crippen molar-refractivity contribution in [1.82, 2.24) is 19.5 Å². The Balaban J connectivity index is 1.66. The van der Waals surface area contributed by atoms with Crippen LogP contribution in [-0.2, 0) is 6.54 Å². The van der Waals surface area contributed by atoms with Crippen molar-refractivity contribution in [3.8, 4) is 0 Å². The molecule has 0 unspecified atom stereocenters. The summed E-state index contributed by atoms with van der Waals surface area (Å²) in [6.45, 7) is 4.25. The summed E-state index contributed by atoms with van der Waals surface area (Å²) in [7, 11) is 0. The zero-order chi connectivity index (χ0) is 19.9. The Hall–Kier alpha value is -2.58. The summed E-state index contributed by atoms with van der Waals surface area (Å²) < 4.78 is 2.09. The Labute approximate surface area is 168 Å². The van der Waals surface area contributed by atoms with Crippen LogP contribution in [0.15, 0.2) is 24.5 Å². The summed E-state index contributed by atoms with van der Waals surface area (Å²) in [4.78, 5) is 13.7. The third-order valence-corrected chi connectivity index (χ3v) is 4.83.